The van der Waals surface area contributed by atoms with Crippen molar-refractivity contribution < 1.29 is 9.13 Å². The quantitative estimate of drug-likeness (QED) is 0.228. The molecular formula is C26H32FN3OSi. The van der Waals surface area contributed by atoms with Crippen molar-refractivity contribution in [3.63, 3.8) is 0 Å². The lowest BCUT2D eigenvalue weighted by Gasteiger charge is -2.17. The fraction of sp³-hybridized carbons (Fsp3) is 0.269. The zero-order valence-electron chi connectivity index (χ0n) is 19.4. The average molecular weight is 450 g/mol. The third-order valence-electron chi connectivity index (χ3n) is 5.14. The summed E-state index contributed by atoms with van der Waals surface area (Å²) in [7, 11) is -1.19. The summed E-state index contributed by atoms with van der Waals surface area (Å²) < 4.78 is 21.7. The molecule has 6 heteroatoms. The van der Waals surface area contributed by atoms with Crippen LogP contribution >= 0.6 is 0 Å². The van der Waals surface area contributed by atoms with Crippen molar-refractivity contribution in [1.29, 1.82) is 0 Å². The first-order chi connectivity index (χ1) is 15.2. The zero-order valence-corrected chi connectivity index (χ0v) is 20.4. The van der Waals surface area contributed by atoms with Gasteiger partial charge in [-0.15, -0.1) is 0 Å². The van der Waals surface area contributed by atoms with Gasteiger partial charge in [0, 0.05) is 32.0 Å². The summed E-state index contributed by atoms with van der Waals surface area (Å²) in [6.07, 6.45) is 7.38. The van der Waals surface area contributed by atoms with Gasteiger partial charge in [-0.2, -0.15) is 0 Å². The summed E-state index contributed by atoms with van der Waals surface area (Å²) in [5.74, 6) is -0.257. The van der Waals surface area contributed by atoms with E-state index >= 15 is 0 Å². The fourth-order valence-corrected chi connectivity index (χ4v) is 4.27. The standard InChI is InChI=1S/C26H32FN3OSi/c1-6-7-21(16-19(2)28)25-17-24-23(20-8-10-22(27)11-9-20)12-13-29-26(24)30(25)18-31-14-15-32(3,4)5/h6-13,16-17H,1,14-15,18,28H2,2-5H3/b19-16+,21-7+. The highest BCUT2D eigenvalue weighted by molar-refractivity contribution is 6.76. The van der Waals surface area contributed by atoms with Crippen LogP contribution in [0, 0.1) is 5.82 Å². The van der Waals surface area contributed by atoms with Crippen LogP contribution in [-0.4, -0.2) is 24.2 Å². The molecular weight excluding hydrogens is 417 g/mol. The number of fused-ring (bicyclic) bond motifs is 1. The van der Waals surface area contributed by atoms with E-state index < -0.39 is 8.07 Å². The van der Waals surface area contributed by atoms with Crippen LogP contribution in [0.15, 0.2) is 73.1 Å². The second-order valence-electron chi connectivity index (χ2n) is 9.15. The minimum atomic E-state index is -1.19. The van der Waals surface area contributed by atoms with Crippen LogP contribution in [0.2, 0.25) is 25.7 Å². The number of rotatable bonds is 9. The molecule has 168 valence electrons. The molecule has 4 nitrogen and oxygen atoms in total. The molecule has 0 amide bonds. The van der Waals surface area contributed by atoms with Crippen molar-refractivity contribution in [2.75, 3.05) is 6.61 Å². The minimum Gasteiger partial charge on any atom is -0.402 e. The predicted octanol–water partition coefficient (Wildman–Crippen LogP) is 6.59. The Bertz CT molecular complexity index is 1150. The Morgan fingerprint density at radius 2 is 1.94 bits per heavy atom. The molecule has 0 saturated carbocycles. The monoisotopic (exact) mass is 449 g/mol. The molecule has 32 heavy (non-hydrogen) atoms. The van der Waals surface area contributed by atoms with Crippen molar-refractivity contribution in [3.8, 4) is 11.1 Å². The lowest BCUT2D eigenvalue weighted by molar-refractivity contribution is 0.0894. The van der Waals surface area contributed by atoms with E-state index in [0.29, 0.717) is 19.0 Å². The number of ether oxygens (including phenoxy) is 1. The molecule has 2 heterocycles. The summed E-state index contributed by atoms with van der Waals surface area (Å²) in [4.78, 5) is 4.67. The average Bonchev–Trinajstić information content (AvgIpc) is 3.09. The van der Waals surface area contributed by atoms with E-state index in [4.69, 9.17) is 10.5 Å². The van der Waals surface area contributed by atoms with E-state index in [9.17, 15) is 4.39 Å². The number of benzene rings is 1. The molecule has 0 spiro atoms. The van der Waals surface area contributed by atoms with E-state index in [0.717, 1.165) is 39.5 Å². The maximum absolute atomic E-state index is 13.5. The summed E-state index contributed by atoms with van der Waals surface area (Å²) in [6, 6.07) is 11.7. The molecule has 3 aromatic rings. The highest BCUT2D eigenvalue weighted by atomic mass is 28.3. The maximum Gasteiger partial charge on any atom is 0.142 e. The highest BCUT2D eigenvalue weighted by Crippen LogP contribution is 2.33. The van der Waals surface area contributed by atoms with E-state index in [2.05, 4.69) is 41.8 Å². The number of pyridine rings is 1. The second kappa shape index (κ2) is 10.1. The van der Waals surface area contributed by atoms with Gasteiger partial charge in [0.2, 0.25) is 0 Å². The fourth-order valence-electron chi connectivity index (χ4n) is 3.51. The lowest BCUT2D eigenvalue weighted by Crippen LogP contribution is -2.22. The van der Waals surface area contributed by atoms with Crippen LogP contribution < -0.4 is 5.73 Å². The summed E-state index contributed by atoms with van der Waals surface area (Å²) >= 11 is 0. The smallest absolute Gasteiger partial charge is 0.142 e. The number of aromatic nitrogens is 2. The van der Waals surface area contributed by atoms with Crippen molar-refractivity contribution >= 4 is 24.7 Å². The summed E-state index contributed by atoms with van der Waals surface area (Å²) in [5.41, 5.74) is 11.3. The maximum atomic E-state index is 13.5. The molecule has 3 rings (SSSR count). The first kappa shape index (κ1) is 23.7. The van der Waals surface area contributed by atoms with Crippen LogP contribution in [0.3, 0.4) is 0 Å². The molecule has 2 aromatic heterocycles. The molecule has 0 fully saturated rings. The van der Waals surface area contributed by atoms with Gasteiger partial charge in [-0.1, -0.05) is 50.5 Å². The molecule has 0 bridgehead atoms. The predicted molar refractivity (Wildman–Crippen MR) is 135 cm³/mol. The van der Waals surface area contributed by atoms with Gasteiger partial charge in [-0.05, 0) is 60.0 Å². The van der Waals surface area contributed by atoms with Gasteiger partial charge >= 0.3 is 0 Å². The van der Waals surface area contributed by atoms with Gasteiger partial charge in [-0.25, -0.2) is 9.37 Å². The summed E-state index contributed by atoms with van der Waals surface area (Å²) in [5, 5.41) is 0.973. The van der Waals surface area contributed by atoms with Gasteiger partial charge in [0.25, 0.3) is 0 Å². The molecule has 0 aliphatic carbocycles. The van der Waals surface area contributed by atoms with Gasteiger partial charge < -0.3 is 15.0 Å². The molecule has 1 aromatic carbocycles. The van der Waals surface area contributed by atoms with Crippen molar-refractivity contribution in [2.24, 2.45) is 5.73 Å². The Hall–Kier alpha value is -2.96. The highest BCUT2D eigenvalue weighted by Gasteiger charge is 2.17. The number of hydrogen-bond acceptors (Lipinski definition) is 3. The lowest BCUT2D eigenvalue weighted by atomic mass is 10.0. The van der Waals surface area contributed by atoms with Crippen molar-refractivity contribution in [1.82, 2.24) is 9.55 Å². The number of hydrogen-bond donors (Lipinski definition) is 1. The largest absolute Gasteiger partial charge is 0.402 e. The van der Waals surface area contributed by atoms with Crippen LogP contribution in [-0.2, 0) is 11.5 Å². The Balaban J connectivity index is 2.13. The van der Waals surface area contributed by atoms with E-state index in [-0.39, 0.29) is 5.82 Å². The van der Waals surface area contributed by atoms with Crippen molar-refractivity contribution in [2.45, 2.75) is 39.3 Å². The van der Waals surface area contributed by atoms with Gasteiger partial charge in [-0.3, -0.25) is 0 Å². The Morgan fingerprint density at radius 1 is 1.22 bits per heavy atom. The van der Waals surface area contributed by atoms with Gasteiger partial charge in [0.15, 0.2) is 0 Å². The molecule has 0 radical (unpaired) electrons. The number of nitrogens with two attached hydrogens (primary N) is 1. The van der Waals surface area contributed by atoms with Crippen LogP contribution in [0.5, 0.6) is 0 Å². The first-order valence-electron chi connectivity index (χ1n) is 10.8. The second-order valence-corrected chi connectivity index (χ2v) is 14.8. The molecule has 0 aliphatic rings. The third-order valence-corrected chi connectivity index (χ3v) is 6.85. The molecule has 0 unspecified atom stereocenters. The molecule has 0 saturated heterocycles. The topological polar surface area (TPSA) is 53.1 Å². The Labute approximate surface area is 190 Å². The first-order valence-corrected chi connectivity index (χ1v) is 14.5. The molecule has 0 atom stereocenters. The minimum absolute atomic E-state index is 0.257. The van der Waals surface area contributed by atoms with Crippen LogP contribution in [0.25, 0.3) is 27.7 Å². The van der Waals surface area contributed by atoms with E-state index in [1.165, 1.54) is 12.1 Å². The van der Waals surface area contributed by atoms with Gasteiger partial charge in [0.1, 0.15) is 18.2 Å². The normalized spacial score (nSPS) is 13.0. The van der Waals surface area contributed by atoms with Gasteiger partial charge in [0.05, 0.1) is 5.69 Å². The van der Waals surface area contributed by atoms with E-state index in [1.54, 1.807) is 24.4 Å². The number of allylic oxidation sites excluding steroid dienone is 5. The number of halogens is 1. The third kappa shape index (κ3) is 5.84. The van der Waals surface area contributed by atoms with Crippen LogP contribution in [0.4, 0.5) is 4.39 Å². The SMILES string of the molecule is C=C/C=C(\C=C(/C)N)c1cc2c(-c3ccc(F)cc3)ccnc2n1COCC[Si](C)(C)C. The van der Waals surface area contributed by atoms with Crippen molar-refractivity contribution in [3.05, 3.63) is 84.6 Å². The van der Waals surface area contributed by atoms with Crippen LogP contribution in [0.1, 0.15) is 12.6 Å². The number of nitrogens with zero attached hydrogens (tertiary/aromatic N) is 2. The zero-order chi connectivity index (χ0) is 23.3. The molecule has 0 aliphatic heterocycles. The summed E-state index contributed by atoms with van der Waals surface area (Å²) in [6.45, 7) is 13.8. The Kier molecular flexibility index (Phi) is 7.48. The van der Waals surface area contributed by atoms with E-state index in [1.807, 2.05) is 25.1 Å². The Morgan fingerprint density at radius 3 is 2.56 bits per heavy atom. The molecule has 2 N–H and O–H groups in total.